The Labute approximate surface area is 129 Å². The first-order chi connectivity index (χ1) is 6.95. The first kappa shape index (κ1) is 14.1. The van der Waals surface area contributed by atoms with Crippen LogP contribution in [0, 0.1) is 0 Å². The number of hydrogen-bond donors (Lipinski definition) is 0. The van der Waals surface area contributed by atoms with Crippen LogP contribution < -0.4 is 0 Å². The predicted octanol–water partition coefficient (Wildman–Crippen LogP) is 2.88. The Morgan fingerprint density at radius 1 is 1.13 bits per heavy atom. The normalized spacial score (nSPS) is 18.8. The Bertz CT molecular complexity index is 268. The van der Waals surface area contributed by atoms with Crippen LogP contribution in [0.1, 0.15) is 41.0 Å². The van der Waals surface area contributed by atoms with Gasteiger partial charge in [0.2, 0.25) is 0 Å². The van der Waals surface area contributed by atoms with E-state index in [0.717, 1.165) is 49.0 Å². The van der Waals surface area contributed by atoms with E-state index in [-0.39, 0.29) is 0 Å². The molecule has 0 spiro atoms. The van der Waals surface area contributed by atoms with E-state index in [1.165, 1.54) is 6.42 Å². The van der Waals surface area contributed by atoms with E-state index >= 15 is 0 Å². The van der Waals surface area contributed by atoms with Crippen molar-refractivity contribution in [2.24, 2.45) is 0 Å². The van der Waals surface area contributed by atoms with Crippen molar-refractivity contribution < 1.29 is 0 Å². The summed E-state index contributed by atoms with van der Waals surface area (Å²) in [4.78, 5) is 2.61. The van der Waals surface area contributed by atoms with Crippen LogP contribution in [0.4, 0.5) is 0 Å². The molecule has 0 radical (unpaired) electrons. The van der Waals surface area contributed by atoms with Crippen molar-refractivity contribution in [2.75, 3.05) is 0 Å². The van der Waals surface area contributed by atoms with Crippen molar-refractivity contribution in [1.29, 1.82) is 0 Å². The third-order valence-electron chi connectivity index (χ3n) is 3.30. The van der Waals surface area contributed by atoms with Gasteiger partial charge in [-0.2, -0.15) is 0 Å². The van der Waals surface area contributed by atoms with E-state index in [9.17, 15) is 0 Å². The van der Waals surface area contributed by atoms with Crippen LogP contribution in [-0.2, 0) is 0 Å². The maximum absolute atomic E-state index is 2.61. The fraction of sp³-hybridized carbons (Fsp3) is 0.692. The molecule has 1 unspecified atom stereocenters. The zero-order chi connectivity index (χ0) is 11.6. The number of rotatable bonds is 4. The summed E-state index contributed by atoms with van der Waals surface area (Å²) < 4.78 is 1.72. The van der Waals surface area contributed by atoms with E-state index in [1.54, 1.807) is 5.24 Å². The maximum atomic E-state index is 2.61. The molecular weight excluding hydrogens is 209 g/mol. The molecule has 1 rings (SSSR count). The molecule has 2 heteroatoms. The van der Waals surface area contributed by atoms with E-state index in [4.69, 9.17) is 0 Å². The number of hydrogen-bond acceptors (Lipinski definition) is 1. The van der Waals surface area contributed by atoms with Gasteiger partial charge in [-0.05, 0) is 0 Å². The molecule has 0 amide bonds. The fourth-order valence-electron chi connectivity index (χ4n) is 2.77. The zero-order valence-electron chi connectivity index (χ0n) is 11.0. The van der Waals surface area contributed by atoms with Crippen molar-refractivity contribution in [3.63, 3.8) is 0 Å². The van der Waals surface area contributed by atoms with Crippen molar-refractivity contribution in [3.05, 3.63) is 17.4 Å². The average Bonchev–Trinajstić information content (AvgIpc) is 2.49. The molecule has 15 heavy (non-hydrogen) atoms. The van der Waals surface area contributed by atoms with E-state index in [0.29, 0.717) is 18.1 Å². The Morgan fingerprint density at radius 3 is 2.00 bits per heavy atom. The van der Waals surface area contributed by atoms with Gasteiger partial charge in [0.25, 0.3) is 0 Å². The minimum absolute atomic E-state index is 0.592. The van der Waals surface area contributed by atoms with Crippen molar-refractivity contribution >= 4 is 49.0 Å². The topological polar surface area (TPSA) is 3.24 Å². The summed E-state index contributed by atoms with van der Waals surface area (Å²) in [6.45, 7) is 11.6. The molecule has 0 aliphatic heterocycles. The van der Waals surface area contributed by atoms with Crippen molar-refractivity contribution in [1.82, 2.24) is 4.90 Å². The second-order valence-corrected chi connectivity index (χ2v) is 7.04. The van der Waals surface area contributed by atoms with Crippen LogP contribution >= 0.6 is 0 Å². The molecule has 0 aromatic heterocycles. The second-order valence-electron chi connectivity index (χ2n) is 5.15. The van der Waals surface area contributed by atoms with Crippen LogP contribution in [-0.4, -0.2) is 72.0 Å². The molecule has 1 nitrogen and oxygen atoms in total. The Balaban J connectivity index is 2.85. The molecule has 0 aromatic carbocycles. The molecule has 80 valence electrons. The Morgan fingerprint density at radius 2 is 1.67 bits per heavy atom. The van der Waals surface area contributed by atoms with Gasteiger partial charge in [0, 0.05) is 0 Å². The summed E-state index contributed by atoms with van der Waals surface area (Å²) in [5.74, 6) is 0. The summed E-state index contributed by atoms with van der Waals surface area (Å²) in [7, 11) is 0. The molecule has 0 N–H and O–H groups in total. The van der Waals surface area contributed by atoms with Crippen molar-refractivity contribution in [3.8, 4) is 0 Å². The zero-order valence-corrected chi connectivity index (χ0v) is 14.2. The quantitative estimate of drug-likeness (QED) is 0.673. The molecule has 0 saturated heterocycles. The molecule has 0 bridgehead atoms. The van der Waals surface area contributed by atoms with E-state index < -0.39 is 0 Å². The molecule has 1 atom stereocenters. The summed E-state index contributed by atoms with van der Waals surface area (Å²) in [6.07, 6.45) is 5.90. The molecule has 0 saturated carbocycles. The number of nitrogens with zero attached hydrogens (tertiary/aromatic N) is 1. The first-order valence-electron chi connectivity index (χ1n) is 6.08. The van der Waals surface area contributed by atoms with Gasteiger partial charge < -0.3 is 0 Å². The Kier molecular flexibility index (Phi) is 5.78. The average molecular weight is 231 g/mol. The molecular formula is C13H22KN. The van der Waals surface area contributed by atoms with Crippen LogP contribution in [0.5, 0.6) is 0 Å². The number of allylic oxidation sites excluding steroid dienone is 2. The third kappa shape index (κ3) is 3.52. The first-order valence-corrected chi connectivity index (χ1v) is 7.65. The molecule has 0 heterocycles. The summed E-state index contributed by atoms with van der Waals surface area (Å²) >= 11 is 0.847. The van der Waals surface area contributed by atoms with Crippen LogP contribution in [0.15, 0.2) is 17.4 Å². The van der Waals surface area contributed by atoms with Gasteiger partial charge >= 0.3 is 130 Å². The summed E-state index contributed by atoms with van der Waals surface area (Å²) in [5.41, 5.74) is 1.61. The van der Waals surface area contributed by atoms with Gasteiger partial charge in [0.15, 0.2) is 0 Å². The predicted molar refractivity (Wildman–Crippen MR) is 68.1 cm³/mol. The summed E-state index contributed by atoms with van der Waals surface area (Å²) in [6, 6.07) is 1.85. The van der Waals surface area contributed by atoms with Crippen LogP contribution in [0.3, 0.4) is 0 Å². The molecule has 0 aromatic rings. The monoisotopic (exact) mass is 231 g/mol. The van der Waals surface area contributed by atoms with Gasteiger partial charge in [-0.15, -0.1) is 0 Å². The van der Waals surface area contributed by atoms with Crippen LogP contribution in [0.2, 0.25) is 0 Å². The summed E-state index contributed by atoms with van der Waals surface area (Å²) in [5, 5.41) is 0. The molecule has 1 aliphatic carbocycles. The van der Waals surface area contributed by atoms with Gasteiger partial charge in [-0.1, -0.05) is 0 Å². The SMILES string of the molecule is CC(C)N(C(C)C)C(C)C1=[C]([K])CC=C1. The minimum atomic E-state index is 0.592. The van der Waals surface area contributed by atoms with Gasteiger partial charge in [0.05, 0.1) is 0 Å². The third-order valence-corrected chi connectivity index (χ3v) is 4.84. The Hall–Kier alpha value is 1.08. The van der Waals surface area contributed by atoms with Gasteiger partial charge in [0.1, 0.15) is 0 Å². The fourth-order valence-corrected chi connectivity index (χ4v) is 4.05. The molecule has 0 fully saturated rings. The van der Waals surface area contributed by atoms with Gasteiger partial charge in [-0.3, -0.25) is 0 Å². The standard InChI is InChI=1S/C13H22N.K/c1-10(2)14(11(3)4)12(5)13-8-6-7-9-13;/h6,8,10-12H,7H2,1-5H3;. The van der Waals surface area contributed by atoms with E-state index in [1.807, 2.05) is 0 Å². The molecule has 1 aliphatic rings. The van der Waals surface area contributed by atoms with Crippen molar-refractivity contribution in [2.45, 2.75) is 59.2 Å². The van der Waals surface area contributed by atoms with E-state index in [2.05, 4.69) is 51.7 Å². The van der Waals surface area contributed by atoms with Gasteiger partial charge in [-0.25, -0.2) is 0 Å². The van der Waals surface area contributed by atoms with Crippen LogP contribution in [0.25, 0.3) is 0 Å². The second kappa shape index (κ2) is 6.13.